The highest BCUT2D eigenvalue weighted by atomic mass is 35.5. The van der Waals surface area contributed by atoms with Crippen molar-refractivity contribution < 1.29 is 9.53 Å². The van der Waals surface area contributed by atoms with Gasteiger partial charge in [0.05, 0.1) is 12.8 Å². The highest BCUT2D eigenvalue weighted by molar-refractivity contribution is 6.32. The lowest BCUT2D eigenvalue weighted by Crippen LogP contribution is -2.12. The summed E-state index contributed by atoms with van der Waals surface area (Å²) in [4.78, 5) is 16.0. The standard InChI is InChI=1S/C14H13ClN2O2/c1-9-7-12(13(15)16-8-9)17-14(18)10-3-5-11(19-2)6-4-10/h3-8H,1-2H3,(H,17,18). The van der Waals surface area contributed by atoms with Gasteiger partial charge in [-0.3, -0.25) is 4.79 Å². The number of methoxy groups -OCH3 is 1. The van der Waals surface area contributed by atoms with E-state index in [9.17, 15) is 4.79 Å². The Morgan fingerprint density at radius 1 is 1.32 bits per heavy atom. The lowest BCUT2D eigenvalue weighted by molar-refractivity contribution is 0.102. The van der Waals surface area contributed by atoms with Crippen LogP contribution in [0.15, 0.2) is 36.5 Å². The predicted molar refractivity (Wildman–Crippen MR) is 74.9 cm³/mol. The second kappa shape index (κ2) is 5.71. The van der Waals surface area contributed by atoms with Crippen molar-refractivity contribution in [2.24, 2.45) is 0 Å². The number of hydrogen-bond acceptors (Lipinski definition) is 3. The van der Waals surface area contributed by atoms with Gasteiger partial charge in [-0.15, -0.1) is 0 Å². The quantitative estimate of drug-likeness (QED) is 0.875. The molecule has 2 aromatic rings. The van der Waals surface area contributed by atoms with E-state index in [0.29, 0.717) is 17.0 Å². The summed E-state index contributed by atoms with van der Waals surface area (Å²) in [5.74, 6) is 0.462. The molecule has 0 unspecified atom stereocenters. The van der Waals surface area contributed by atoms with Crippen LogP contribution in [0.1, 0.15) is 15.9 Å². The Labute approximate surface area is 116 Å². The number of carbonyl (C=O) groups is 1. The van der Waals surface area contributed by atoms with E-state index in [4.69, 9.17) is 16.3 Å². The van der Waals surface area contributed by atoms with Crippen LogP contribution in [0.5, 0.6) is 5.75 Å². The van der Waals surface area contributed by atoms with Gasteiger partial charge in [-0.25, -0.2) is 4.98 Å². The number of rotatable bonds is 3. The van der Waals surface area contributed by atoms with E-state index in [2.05, 4.69) is 10.3 Å². The summed E-state index contributed by atoms with van der Waals surface area (Å²) in [5.41, 5.74) is 1.95. The molecular formula is C14H13ClN2O2. The summed E-state index contributed by atoms with van der Waals surface area (Å²) in [6.07, 6.45) is 1.64. The Hall–Kier alpha value is -2.07. The van der Waals surface area contributed by atoms with Crippen LogP contribution in [-0.4, -0.2) is 18.0 Å². The largest absolute Gasteiger partial charge is 0.497 e. The van der Waals surface area contributed by atoms with Crippen molar-refractivity contribution >= 4 is 23.2 Å². The number of benzene rings is 1. The van der Waals surface area contributed by atoms with Crippen molar-refractivity contribution in [1.29, 1.82) is 0 Å². The molecule has 0 saturated heterocycles. The highest BCUT2D eigenvalue weighted by Gasteiger charge is 2.09. The highest BCUT2D eigenvalue weighted by Crippen LogP contribution is 2.21. The Morgan fingerprint density at radius 2 is 2.00 bits per heavy atom. The minimum absolute atomic E-state index is 0.239. The fourth-order valence-corrected chi connectivity index (χ4v) is 1.73. The number of amides is 1. The van der Waals surface area contributed by atoms with Gasteiger partial charge in [0.15, 0.2) is 5.15 Å². The van der Waals surface area contributed by atoms with E-state index >= 15 is 0 Å². The zero-order chi connectivity index (χ0) is 13.8. The third kappa shape index (κ3) is 3.23. The minimum atomic E-state index is -0.239. The molecule has 19 heavy (non-hydrogen) atoms. The minimum Gasteiger partial charge on any atom is -0.497 e. The molecule has 0 spiro atoms. The normalized spacial score (nSPS) is 10.1. The van der Waals surface area contributed by atoms with Crippen LogP contribution in [0, 0.1) is 6.92 Å². The van der Waals surface area contributed by atoms with E-state index in [0.717, 1.165) is 5.56 Å². The van der Waals surface area contributed by atoms with Crippen LogP contribution in [0.3, 0.4) is 0 Å². The number of anilines is 1. The van der Waals surface area contributed by atoms with Gasteiger partial charge in [-0.05, 0) is 42.8 Å². The zero-order valence-corrected chi connectivity index (χ0v) is 11.4. The van der Waals surface area contributed by atoms with Gasteiger partial charge in [-0.2, -0.15) is 0 Å². The summed E-state index contributed by atoms with van der Waals surface area (Å²) in [7, 11) is 1.58. The van der Waals surface area contributed by atoms with E-state index in [1.807, 2.05) is 6.92 Å². The molecule has 1 heterocycles. The molecule has 0 aliphatic carbocycles. The second-order valence-electron chi connectivity index (χ2n) is 4.03. The number of carbonyl (C=O) groups excluding carboxylic acids is 1. The lowest BCUT2D eigenvalue weighted by atomic mass is 10.2. The molecule has 0 saturated carbocycles. The van der Waals surface area contributed by atoms with Crippen molar-refractivity contribution in [2.45, 2.75) is 6.92 Å². The maximum atomic E-state index is 12.0. The molecule has 2 rings (SSSR count). The van der Waals surface area contributed by atoms with Crippen molar-refractivity contribution in [3.05, 3.63) is 52.8 Å². The maximum Gasteiger partial charge on any atom is 0.255 e. The van der Waals surface area contributed by atoms with E-state index in [1.165, 1.54) is 0 Å². The first kappa shape index (κ1) is 13.4. The third-order valence-electron chi connectivity index (χ3n) is 2.58. The molecule has 0 atom stereocenters. The topological polar surface area (TPSA) is 51.2 Å². The number of aromatic nitrogens is 1. The van der Waals surface area contributed by atoms with Crippen molar-refractivity contribution in [3.8, 4) is 5.75 Å². The van der Waals surface area contributed by atoms with Crippen LogP contribution in [0.4, 0.5) is 5.69 Å². The number of ether oxygens (including phenoxy) is 1. The Kier molecular flexibility index (Phi) is 4.02. The molecule has 0 radical (unpaired) electrons. The average Bonchev–Trinajstić information content (AvgIpc) is 2.43. The molecular weight excluding hydrogens is 264 g/mol. The first-order valence-electron chi connectivity index (χ1n) is 5.67. The molecule has 5 heteroatoms. The van der Waals surface area contributed by atoms with Crippen LogP contribution >= 0.6 is 11.6 Å². The van der Waals surface area contributed by atoms with Gasteiger partial charge < -0.3 is 10.1 Å². The Bertz CT molecular complexity index is 597. The first-order valence-corrected chi connectivity index (χ1v) is 6.05. The maximum absolute atomic E-state index is 12.0. The number of halogens is 1. The molecule has 0 aliphatic heterocycles. The second-order valence-corrected chi connectivity index (χ2v) is 4.39. The molecule has 1 amide bonds. The molecule has 1 aromatic carbocycles. The molecule has 0 fully saturated rings. The Balaban J connectivity index is 2.18. The van der Waals surface area contributed by atoms with E-state index in [1.54, 1.807) is 43.6 Å². The summed E-state index contributed by atoms with van der Waals surface area (Å²) >= 11 is 5.93. The zero-order valence-electron chi connectivity index (χ0n) is 10.6. The van der Waals surface area contributed by atoms with Gasteiger partial charge >= 0.3 is 0 Å². The van der Waals surface area contributed by atoms with Gasteiger partial charge in [0.1, 0.15) is 5.75 Å². The smallest absolute Gasteiger partial charge is 0.255 e. The van der Waals surface area contributed by atoms with Crippen LogP contribution in [0.2, 0.25) is 5.15 Å². The molecule has 1 aromatic heterocycles. The van der Waals surface area contributed by atoms with E-state index < -0.39 is 0 Å². The predicted octanol–water partition coefficient (Wildman–Crippen LogP) is 3.30. The van der Waals surface area contributed by atoms with E-state index in [-0.39, 0.29) is 11.1 Å². The third-order valence-corrected chi connectivity index (χ3v) is 2.88. The van der Waals surface area contributed by atoms with Crippen molar-refractivity contribution in [3.63, 3.8) is 0 Å². The number of pyridine rings is 1. The SMILES string of the molecule is COc1ccc(C(=O)Nc2cc(C)cnc2Cl)cc1. The van der Waals surface area contributed by atoms with Gasteiger partial charge in [0.25, 0.3) is 5.91 Å². The average molecular weight is 277 g/mol. The number of hydrogen-bond donors (Lipinski definition) is 1. The number of nitrogens with one attached hydrogen (secondary N) is 1. The molecule has 0 bridgehead atoms. The first-order chi connectivity index (χ1) is 9.10. The fourth-order valence-electron chi connectivity index (χ4n) is 1.58. The van der Waals surface area contributed by atoms with Gasteiger partial charge in [-0.1, -0.05) is 11.6 Å². The van der Waals surface area contributed by atoms with Crippen molar-refractivity contribution in [1.82, 2.24) is 4.98 Å². The van der Waals surface area contributed by atoms with Crippen LogP contribution in [0.25, 0.3) is 0 Å². The van der Waals surface area contributed by atoms with Gasteiger partial charge in [0, 0.05) is 11.8 Å². The molecule has 4 nitrogen and oxygen atoms in total. The van der Waals surface area contributed by atoms with Crippen LogP contribution in [-0.2, 0) is 0 Å². The Morgan fingerprint density at radius 3 is 2.63 bits per heavy atom. The summed E-state index contributed by atoms with van der Waals surface area (Å²) in [5, 5.41) is 3.00. The number of aryl methyl sites for hydroxylation is 1. The summed E-state index contributed by atoms with van der Waals surface area (Å²) in [6, 6.07) is 8.60. The van der Waals surface area contributed by atoms with Crippen molar-refractivity contribution in [2.75, 3.05) is 12.4 Å². The van der Waals surface area contributed by atoms with Crippen LogP contribution < -0.4 is 10.1 Å². The molecule has 98 valence electrons. The monoisotopic (exact) mass is 276 g/mol. The number of nitrogens with zero attached hydrogens (tertiary/aromatic N) is 1. The van der Waals surface area contributed by atoms with Gasteiger partial charge in [0.2, 0.25) is 0 Å². The lowest BCUT2D eigenvalue weighted by Gasteiger charge is -2.08. The molecule has 1 N–H and O–H groups in total. The summed E-state index contributed by atoms with van der Waals surface area (Å²) < 4.78 is 5.04. The summed E-state index contributed by atoms with van der Waals surface area (Å²) in [6.45, 7) is 1.88. The fraction of sp³-hybridized carbons (Fsp3) is 0.143. The molecule has 0 aliphatic rings.